The normalized spacial score (nSPS) is 35.0. The molecule has 4 nitrogen and oxygen atoms in total. The summed E-state index contributed by atoms with van der Waals surface area (Å²) in [5.74, 6) is 1.14. The lowest BCUT2D eigenvalue weighted by atomic mass is 9.78. The second-order valence-electron chi connectivity index (χ2n) is 7.73. The largest absolute Gasteiger partial charge is 0.338 e. The van der Waals surface area contributed by atoms with Gasteiger partial charge in [0.05, 0.1) is 6.54 Å². The van der Waals surface area contributed by atoms with E-state index in [1.807, 2.05) is 0 Å². The fraction of sp³-hybridized carbons (Fsp3) is 0.944. The molecule has 2 heterocycles. The van der Waals surface area contributed by atoms with Crippen molar-refractivity contribution >= 4 is 5.91 Å². The standard InChI is InChI=1S/C18H33N3O/c1-14(19)16-9-4-5-11-20(16)13-18(22)21-12-6-8-15-7-2-3-10-17(15)21/h14-17H,2-13,19H2,1H3. The number of carbonyl (C=O) groups is 1. The number of nitrogens with zero attached hydrogens (tertiary/aromatic N) is 2. The molecule has 2 N–H and O–H groups in total. The second kappa shape index (κ2) is 7.31. The van der Waals surface area contributed by atoms with Gasteiger partial charge in [-0.1, -0.05) is 19.3 Å². The Hall–Kier alpha value is -0.610. The van der Waals surface area contributed by atoms with Gasteiger partial charge in [0, 0.05) is 24.7 Å². The highest BCUT2D eigenvalue weighted by molar-refractivity contribution is 5.78. The third-order valence-corrected chi connectivity index (χ3v) is 6.17. The first kappa shape index (κ1) is 16.3. The van der Waals surface area contributed by atoms with Crippen LogP contribution in [0, 0.1) is 5.92 Å². The maximum atomic E-state index is 12.9. The van der Waals surface area contributed by atoms with E-state index in [-0.39, 0.29) is 6.04 Å². The van der Waals surface area contributed by atoms with Crippen LogP contribution in [0.2, 0.25) is 0 Å². The quantitative estimate of drug-likeness (QED) is 0.871. The first-order chi connectivity index (χ1) is 10.7. The summed E-state index contributed by atoms with van der Waals surface area (Å²) in [5, 5.41) is 0. The smallest absolute Gasteiger partial charge is 0.237 e. The molecule has 1 saturated carbocycles. The molecule has 0 spiro atoms. The van der Waals surface area contributed by atoms with Gasteiger partial charge in [-0.15, -0.1) is 0 Å². The number of piperidine rings is 2. The second-order valence-corrected chi connectivity index (χ2v) is 7.73. The molecule has 4 unspecified atom stereocenters. The summed E-state index contributed by atoms with van der Waals surface area (Å²) in [4.78, 5) is 17.5. The van der Waals surface area contributed by atoms with Gasteiger partial charge in [0.2, 0.25) is 5.91 Å². The predicted octanol–water partition coefficient (Wildman–Crippen LogP) is 2.37. The summed E-state index contributed by atoms with van der Waals surface area (Å²) >= 11 is 0. The van der Waals surface area contributed by atoms with Gasteiger partial charge in [-0.25, -0.2) is 0 Å². The highest BCUT2D eigenvalue weighted by atomic mass is 16.2. The maximum Gasteiger partial charge on any atom is 0.237 e. The molecular weight excluding hydrogens is 274 g/mol. The summed E-state index contributed by atoms with van der Waals surface area (Å²) < 4.78 is 0. The third kappa shape index (κ3) is 3.48. The van der Waals surface area contributed by atoms with E-state index in [9.17, 15) is 4.79 Å². The molecule has 2 saturated heterocycles. The number of hydrogen-bond donors (Lipinski definition) is 1. The maximum absolute atomic E-state index is 12.9. The Bertz CT molecular complexity index is 383. The van der Waals surface area contributed by atoms with E-state index in [4.69, 9.17) is 5.73 Å². The van der Waals surface area contributed by atoms with E-state index < -0.39 is 0 Å². The van der Waals surface area contributed by atoms with Crippen LogP contribution in [0.5, 0.6) is 0 Å². The molecule has 22 heavy (non-hydrogen) atoms. The topological polar surface area (TPSA) is 49.6 Å². The average molecular weight is 307 g/mol. The van der Waals surface area contributed by atoms with Gasteiger partial charge in [-0.2, -0.15) is 0 Å². The van der Waals surface area contributed by atoms with Crippen LogP contribution in [0.15, 0.2) is 0 Å². The molecular formula is C18H33N3O. The molecule has 2 aliphatic heterocycles. The molecule has 126 valence electrons. The Labute approximate surface area is 135 Å². The van der Waals surface area contributed by atoms with Crippen LogP contribution in [0.1, 0.15) is 64.7 Å². The Balaban J connectivity index is 1.62. The monoisotopic (exact) mass is 307 g/mol. The number of rotatable bonds is 3. The lowest BCUT2D eigenvalue weighted by Gasteiger charge is -2.45. The minimum atomic E-state index is 0.164. The Kier molecular flexibility index (Phi) is 5.40. The van der Waals surface area contributed by atoms with Gasteiger partial charge in [0.25, 0.3) is 0 Å². The number of nitrogens with two attached hydrogens (primary N) is 1. The summed E-state index contributed by atoms with van der Waals surface area (Å²) in [6, 6.07) is 1.09. The highest BCUT2D eigenvalue weighted by Gasteiger charge is 2.37. The Morgan fingerprint density at radius 3 is 2.59 bits per heavy atom. The van der Waals surface area contributed by atoms with Gasteiger partial charge in [0.1, 0.15) is 0 Å². The lowest BCUT2D eigenvalue weighted by molar-refractivity contribution is -0.139. The SMILES string of the molecule is CC(N)C1CCCCN1CC(=O)N1CCCC2CCCCC21. The van der Waals surface area contributed by atoms with Crippen molar-refractivity contribution in [1.82, 2.24) is 9.80 Å². The molecule has 0 aromatic carbocycles. The van der Waals surface area contributed by atoms with Crippen molar-refractivity contribution in [2.75, 3.05) is 19.6 Å². The molecule has 1 amide bonds. The van der Waals surface area contributed by atoms with Crippen molar-refractivity contribution in [2.45, 2.75) is 82.8 Å². The third-order valence-electron chi connectivity index (χ3n) is 6.17. The van der Waals surface area contributed by atoms with Crippen LogP contribution in [-0.2, 0) is 4.79 Å². The van der Waals surface area contributed by atoms with E-state index in [0.717, 1.165) is 25.4 Å². The first-order valence-electron chi connectivity index (χ1n) is 9.46. The van der Waals surface area contributed by atoms with Gasteiger partial charge in [0.15, 0.2) is 0 Å². The van der Waals surface area contributed by atoms with Crippen molar-refractivity contribution in [1.29, 1.82) is 0 Å². The van der Waals surface area contributed by atoms with Crippen LogP contribution < -0.4 is 5.73 Å². The fourth-order valence-corrected chi connectivity index (χ4v) is 5.01. The van der Waals surface area contributed by atoms with E-state index in [1.54, 1.807) is 0 Å². The minimum Gasteiger partial charge on any atom is -0.338 e. The van der Waals surface area contributed by atoms with Crippen molar-refractivity contribution in [3.63, 3.8) is 0 Å². The Morgan fingerprint density at radius 1 is 1.05 bits per heavy atom. The molecule has 1 aliphatic carbocycles. The molecule has 0 radical (unpaired) electrons. The van der Waals surface area contributed by atoms with Crippen molar-refractivity contribution < 1.29 is 4.79 Å². The summed E-state index contributed by atoms with van der Waals surface area (Å²) in [6.07, 6.45) is 11.4. The zero-order valence-corrected chi connectivity index (χ0v) is 14.2. The van der Waals surface area contributed by atoms with Gasteiger partial charge < -0.3 is 10.6 Å². The van der Waals surface area contributed by atoms with Crippen LogP contribution in [0.3, 0.4) is 0 Å². The van der Waals surface area contributed by atoms with Gasteiger partial charge in [-0.05, 0) is 57.9 Å². The van der Waals surface area contributed by atoms with E-state index in [1.165, 1.54) is 51.4 Å². The number of fused-ring (bicyclic) bond motifs is 1. The van der Waals surface area contributed by atoms with Crippen LogP contribution in [-0.4, -0.2) is 53.5 Å². The molecule has 3 fully saturated rings. The average Bonchev–Trinajstić information content (AvgIpc) is 2.54. The number of carbonyl (C=O) groups excluding carboxylic acids is 1. The number of amides is 1. The summed E-state index contributed by atoms with van der Waals surface area (Å²) in [6.45, 7) is 4.71. The summed E-state index contributed by atoms with van der Waals surface area (Å²) in [5.41, 5.74) is 6.15. The molecule has 3 rings (SSSR count). The molecule has 4 atom stereocenters. The predicted molar refractivity (Wildman–Crippen MR) is 89.6 cm³/mol. The lowest BCUT2D eigenvalue weighted by Crippen LogP contribution is -2.56. The molecule has 0 bridgehead atoms. The fourth-order valence-electron chi connectivity index (χ4n) is 5.01. The van der Waals surface area contributed by atoms with Crippen molar-refractivity contribution in [3.8, 4) is 0 Å². The van der Waals surface area contributed by atoms with E-state index in [2.05, 4.69) is 16.7 Å². The van der Waals surface area contributed by atoms with E-state index in [0.29, 0.717) is 24.5 Å². The zero-order chi connectivity index (χ0) is 15.5. The summed E-state index contributed by atoms with van der Waals surface area (Å²) in [7, 11) is 0. The van der Waals surface area contributed by atoms with Crippen LogP contribution >= 0.6 is 0 Å². The zero-order valence-electron chi connectivity index (χ0n) is 14.2. The Morgan fingerprint density at radius 2 is 1.77 bits per heavy atom. The minimum absolute atomic E-state index is 0.164. The number of likely N-dealkylation sites (tertiary alicyclic amines) is 2. The van der Waals surface area contributed by atoms with Crippen LogP contribution in [0.4, 0.5) is 0 Å². The van der Waals surface area contributed by atoms with Crippen molar-refractivity contribution in [2.24, 2.45) is 11.7 Å². The highest BCUT2D eigenvalue weighted by Crippen LogP contribution is 2.35. The first-order valence-corrected chi connectivity index (χ1v) is 9.46. The number of hydrogen-bond acceptors (Lipinski definition) is 3. The van der Waals surface area contributed by atoms with E-state index >= 15 is 0 Å². The molecule has 0 aromatic heterocycles. The molecule has 3 aliphatic rings. The molecule has 0 aromatic rings. The molecule has 4 heteroatoms. The van der Waals surface area contributed by atoms with Gasteiger partial charge in [-0.3, -0.25) is 9.69 Å². The van der Waals surface area contributed by atoms with Crippen LogP contribution in [0.25, 0.3) is 0 Å². The van der Waals surface area contributed by atoms with Crippen molar-refractivity contribution in [3.05, 3.63) is 0 Å². The van der Waals surface area contributed by atoms with Gasteiger partial charge >= 0.3 is 0 Å².